The second-order valence-electron chi connectivity index (χ2n) is 7.20. The van der Waals surface area contributed by atoms with Crippen molar-refractivity contribution in [2.75, 3.05) is 19.6 Å². The van der Waals surface area contributed by atoms with Gasteiger partial charge in [0.1, 0.15) is 11.4 Å². The largest absolute Gasteiger partial charge is 0.444 e. The number of carbonyl (C=O) groups is 1. The van der Waals surface area contributed by atoms with E-state index in [1.165, 1.54) is 6.07 Å². The summed E-state index contributed by atoms with van der Waals surface area (Å²) < 4.78 is 18.6. The van der Waals surface area contributed by atoms with Crippen molar-refractivity contribution < 1.29 is 13.9 Å². The highest BCUT2D eigenvalue weighted by atomic mass is 19.1. The van der Waals surface area contributed by atoms with E-state index in [1.807, 2.05) is 26.8 Å². The Morgan fingerprint density at radius 1 is 1.43 bits per heavy atom. The first-order chi connectivity index (χ1) is 10.8. The van der Waals surface area contributed by atoms with Gasteiger partial charge in [-0.25, -0.2) is 9.18 Å². The third kappa shape index (κ3) is 6.18. The highest BCUT2D eigenvalue weighted by Crippen LogP contribution is 2.19. The van der Waals surface area contributed by atoms with Crippen molar-refractivity contribution in [1.29, 1.82) is 0 Å². The Morgan fingerprint density at radius 3 is 2.91 bits per heavy atom. The lowest BCUT2D eigenvalue weighted by Crippen LogP contribution is -2.45. The van der Waals surface area contributed by atoms with E-state index in [0.717, 1.165) is 31.5 Å². The minimum Gasteiger partial charge on any atom is -0.444 e. The number of carbonyl (C=O) groups excluding carboxylic acids is 1. The molecule has 1 N–H and O–H groups in total. The summed E-state index contributed by atoms with van der Waals surface area (Å²) in [6.45, 7) is 8.57. The van der Waals surface area contributed by atoms with Crippen molar-refractivity contribution in [1.82, 2.24) is 10.2 Å². The molecule has 2 rings (SSSR count). The number of hydrogen-bond acceptors (Lipinski definition) is 3. The second-order valence-corrected chi connectivity index (χ2v) is 7.20. The molecule has 0 bridgehead atoms. The van der Waals surface area contributed by atoms with Gasteiger partial charge in [-0.05, 0) is 63.8 Å². The van der Waals surface area contributed by atoms with Gasteiger partial charge in [-0.2, -0.15) is 0 Å². The van der Waals surface area contributed by atoms with Crippen LogP contribution in [-0.4, -0.2) is 36.2 Å². The molecule has 1 amide bonds. The van der Waals surface area contributed by atoms with Gasteiger partial charge in [0.25, 0.3) is 0 Å². The highest BCUT2D eigenvalue weighted by molar-refractivity contribution is 5.68. The molecule has 1 aromatic rings. The van der Waals surface area contributed by atoms with Gasteiger partial charge in [0, 0.05) is 19.6 Å². The number of rotatable bonds is 4. The Hall–Kier alpha value is -1.62. The van der Waals surface area contributed by atoms with Crippen molar-refractivity contribution in [2.45, 2.75) is 45.8 Å². The normalized spacial score (nSPS) is 18.8. The molecule has 5 heteroatoms. The Balaban J connectivity index is 1.76. The van der Waals surface area contributed by atoms with Gasteiger partial charge in [0.15, 0.2) is 0 Å². The van der Waals surface area contributed by atoms with Crippen LogP contribution in [0.1, 0.15) is 39.2 Å². The summed E-state index contributed by atoms with van der Waals surface area (Å²) in [5.41, 5.74) is 0.476. The molecule has 0 radical (unpaired) electrons. The van der Waals surface area contributed by atoms with Crippen molar-refractivity contribution in [3.63, 3.8) is 0 Å². The summed E-state index contributed by atoms with van der Waals surface area (Å²) in [6, 6.07) is 6.62. The summed E-state index contributed by atoms with van der Waals surface area (Å²) in [5, 5.41) is 3.36. The lowest BCUT2D eigenvalue weighted by Gasteiger charge is -2.34. The van der Waals surface area contributed by atoms with E-state index >= 15 is 0 Å². The number of piperidine rings is 1. The Morgan fingerprint density at radius 2 is 2.22 bits per heavy atom. The maximum atomic E-state index is 13.1. The van der Waals surface area contributed by atoms with Crippen LogP contribution >= 0.6 is 0 Å². The van der Waals surface area contributed by atoms with Crippen LogP contribution in [0.2, 0.25) is 0 Å². The Kier molecular flexibility index (Phi) is 5.99. The molecule has 4 nitrogen and oxygen atoms in total. The van der Waals surface area contributed by atoms with E-state index in [9.17, 15) is 9.18 Å². The molecule has 1 fully saturated rings. The van der Waals surface area contributed by atoms with Crippen molar-refractivity contribution in [3.8, 4) is 0 Å². The van der Waals surface area contributed by atoms with Gasteiger partial charge in [0.05, 0.1) is 0 Å². The maximum Gasteiger partial charge on any atom is 0.410 e. The van der Waals surface area contributed by atoms with Gasteiger partial charge in [0.2, 0.25) is 0 Å². The van der Waals surface area contributed by atoms with Crippen LogP contribution < -0.4 is 5.32 Å². The minimum absolute atomic E-state index is 0.210. The number of benzene rings is 1. The summed E-state index contributed by atoms with van der Waals surface area (Å²) in [6.07, 6.45) is 1.86. The molecule has 0 saturated carbocycles. The predicted molar refractivity (Wildman–Crippen MR) is 88.6 cm³/mol. The van der Waals surface area contributed by atoms with E-state index in [0.29, 0.717) is 19.0 Å². The van der Waals surface area contributed by atoms with Crippen molar-refractivity contribution in [2.24, 2.45) is 5.92 Å². The van der Waals surface area contributed by atoms with Gasteiger partial charge in [-0.3, -0.25) is 0 Å². The molecule has 128 valence electrons. The first-order valence-electron chi connectivity index (χ1n) is 8.26. The monoisotopic (exact) mass is 322 g/mol. The fourth-order valence-electron chi connectivity index (χ4n) is 2.79. The zero-order valence-corrected chi connectivity index (χ0v) is 14.3. The molecule has 1 atom stereocenters. The van der Waals surface area contributed by atoms with Gasteiger partial charge >= 0.3 is 6.09 Å². The van der Waals surface area contributed by atoms with Gasteiger partial charge < -0.3 is 15.0 Å². The molecule has 0 spiro atoms. The van der Waals surface area contributed by atoms with Crippen LogP contribution in [0.25, 0.3) is 0 Å². The van der Waals surface area contributed by atoms with E-state index in [2.05, 4.69) is 5.32 Å². The number of hydrogen-bond donors (Lipinski definition) is 1. The molecule has 0 aliphatic carbocycles. The standard InChI is InChI=1S/C18H27FN2O2/c1-18(2,3)23-17(22)21-9-5-7-15(13-21)12-20-11-14-6-4-8-16(19)10-14/h4,6,8,10,15,20H,5,7,9,11-13H2,1-3H3/t15-/m1/s1. The molecule has 23 heavy (non-hydrogen) atoms. The lowest BCUT2D eigenvalue weighted by molar-refractivity contribution is 0.0166. The van der Waals surface area contributed by atoms with Crippen LogP contribution in [0.5, 0.6) is 0 Å². The number of nitrogens with one attached hydrogen (secondary N) is 1. The maximum absolute atomic E-state index is 13.1. The van der Waals surface area contributed by atoms with Gasteiger partial charge in [-0.15, -0.1) is 0 Å². The lowest BCUT2D eigenvalue weighted by atomic mass is 9.98. The number of likely N-dealkylation sites (tertiary alicyclic amines) is 1. The third-order valence-electron chi connectivity index (χ3n) is 3.82. The SMILES string of the molecule is CC(C)(C)OC(=O)N1CCC[C@H](CNCc2cccc(F)c2)C1. The second kappa shape index (κ2) is 7.77. The fourth-order valence-corrected chi connectivity index (χ4v) is 2.79. The average molecular weight is 322 g/mol. The molecule has 1 aromatic carbocycles. The quantitative estimate of drug-likeness (QED) is 0.921. The molecule has 1 aliphatic heterocycles. The van der Waals surface area contributed by atoms with Crippen LogP contribution in [0.4, 0.5) is 9.18 Å². The molecule has 1 heterocycles. The summed E-state index contributed by atoms with van der Waals surface area (Å²) in [5.74, 6) is 0.197. The molecular formula is C18H27FN2O2. The summed E-state index contributed by atoms with van der Waals surface area (Å²) in [4.78, 5) is 13.9. The van der Waals surface area contributed by atoms with E-state index in [-0.39, 0.29) is 11.9 Å². The summed E-state index contributed by atoms with van der Waals surface area (Å²) >= 11 is 0. The highest BCUT2D eigenvalue weighted by Gasteiger charge is 2.27. The van der Waals surface area contributed by atoms with E-state index in [1.54, 1.807) is 17.0 Å². The van der Waals surface area contributed by atoms with Crippen LogP contribution in [-0.2, 0) is 11.3 Å². The molecule has 1 aliphatic rings. The molecule has 0 aromatic heterocycles. The molecule has 0 unspecified atom stereocenters. The zero-order chi connectivity index (χ0) is 16.9. The first kappa shape index (κ1) is 17.7. The smallest absolute Gasteiger partial charge is 0.410 e. The van der Waals surface area contributed by atoms with Crippen molar-refractivity contribution in [3.05, 3.63) is 35.6 Å². The van der Waals surface area contributed by atoms with E-state index in [4.69, 9.17) is 4.74 Å². The zero-order valence-electron chi connectivity index (χ0n) is 14.3. The minimum atomic E-state index is -0.459. The molecule has 1 saturated heterocycles. The average Bonchev–Trinajstić information content (AvgIpc) is 2.46. The Labute approximate surface area is 138 Å². The molecular weight excluding hydrogens is 295 g/mol. The summed E-state index contributed by atoms with van der Waals surface area (Å²) in [7, 11) is 0. The third-order valence-corrected chi connectivity index (χ3v) is 3.82. The fraction of sp³-hybridized carbons (Fsp3) is 0.611. The van der Waals surface area contributed by atoms with E-state index < -0.39 is 5.60 Å². The number of halogens is 1. The number of nitrogens with zero attached hydrogens (tertiary/aromatic N) is 1. The predicted octanol–water partition coefficient (Wildman–Crippen LogP) is 3.56. The first-order valence-corrected chi connectivity index (χ1v) is 8.26. The van der Waals surface area contributed by atoms with Gasteiger partial charge in [-0.1, -0.05) is 12.1 Å². The number of amides is 1. The van der Waals surface area contributed by atoms with Crippen LogP contribution in [0, 0.1) is 11.7 Å². The van der Waals surface area contributed by atoms with Crippen LogP contribution in [0.3, 0.4) is 0 Å². The Bertz CT molecular complexity index is 528. The van der Waals surface area contributed by atoms with Crippen LogP contribution in [0.15, 0.2) is 24.3 Å². The number of ether oxygens (including phenoxy) is 1. The topological polar surface area (TPSA) is 41.6 Å². The van der Waals surface area contributed by atoms with Crippen molar-refractivity contribution >= 4 is 6.09 Å².